The van der Waals surface area contributed by atoms with Crippen LogP contribution in [0.4, 0.5) is 13.2 Å². The zero-order valence-corrected chi connectivity index (χ0v) is 13.3. The third kappa shape index (κ3) is 3.71. The summed E-state index contributed by atoms with van der Waals surface area (Å²) in [6, 6.07) is 8.16. The molecule has 6 nitrogen and oxygen atoms in total. The third-order valence-electron chi connectivity index (χ3n) is 3.77. The van der Waals surface area contributed by atoms with Crippen molar-refractivity contribution >= 4 is 5.97 Å². The molecule has 0 atom stereocenters. The SMILES string of the molecule is O=C(O)c1nnn(CCc2ccc(C(F)(F)F)cc2)c1-c1cccnc1. The number of aromatic nitrogens is 4. The van der Waals surface area contributed by atoms with Crippen molar-refractivity contribution in [3.05, 3.63) is 65.6 Å². The minimum atomic E-state index is -4.38. The van der Waals surface area contributed by atoms with Crippen molar-refractivity contribution < 1.29 is 23.1 Å². The molecule has 0 aliphatic rings. The number of alkyl halides is 3. The quantitative estimate of drug-likeness (QED) is 0.753. The smallest absolute Gasteiger partial charge is 0.416 e. The van der Waals surface area contributed by atoms with Crippen molar-refractivity contribution in [2.24, 2.45) is 0 Å². The van der Waals surface area contributed by atoms with E-state index in [0.717, 1.165) is 12.1 Å². The molecule has 0 saturated heterocycles. The predicted molar refractivity (Wildman–Crippen MR) is 85.4 cm³/mol. The zero-order valence-electron chi connectivity index (χ0n) is 13.3. The minimum absolute atomic E-state index is 0.203. The number of aryl methyl sites for hydroxylation is 2. The van der Waals surface area contributed by atoms with E-state index >= 15 is 0 Å². The average Bonchev–Trinajstić information content (AvgIpc) is 3.04. The fourth-order valence-corrected chi connectivity index (χ4v) is 2.50. The van der Waals surface area contributed by atoms with Crippen molar-refractivity contribution in [2.45, 2.75) is 19.1 Å². The molecule has 0 aliphatic carbocycles. The van der Waals surface area contributed by atoms with Gasteiger partial charge in [-0.1, -0.05) is 17.3 Å². The maximum atomic E-state index is 12.6. The van der Waals surface area contributed by atoms with Crippen LogP contribution >= 0.6 is 0 Å². The summed E-state index contributed by atoms with van der Waals surface area (Å²) >= 11 is 0. The molecule has 2 heterocycles. The van der Waals surface area contributed by atoms with Gasteiger partial charge in [0, 0.05) is 24.5 Å². The van der Waals surface area contributed by atoms with Crippen LogP contribution in [0.5, 0.6) is 0 Å². The highest BCUT2D eigenvalue weighted by Crippen LogP contribution is 2.29. The Kier molecular flexibility index (Phi) is 4.70. The van der Waals surface area contributed by atoms with Gasteiger partial charge in [0.25, 0.3) is 0 Å². The van der Waals surface area contributed by atoms with E-state index in [-0.39, 0.29) is 12.2 Å². The Balaban J connectivity index is 1.84. The van der Waals surface area contributed by atoms with E-state index in [0.29, 0.717) is 23.2 Å². The van der Waals surface area contributed by atoms with Gasteiger partial charge in [-0.3, -0.25) is 4.98 Å². The number of pyridine rings is 1. The second-order valence-electron chi connectivity index (χ2n) is 5.50. The molecule has 9 heteroatoms. The normalized spacial score (nSPS) is 11.5. The summed E-state index contributed by atoms with van der Waals surface area (Å²) in [5, 5.41) is 16.8. The number of hydrogen-bond donors (Lipinski definition) is 1. The number of carboxylic acids is 1. The van der Waals surface area contributed by atoms with Crippen LogP contribution < -0.4 is 0 Å². The van der Waals surface area contributed by atoms with Crippen LogP contribution in [-0.4, -0.2) is 31.1 Å². The Morgan fingerprint density at radius 1 is 1.15 bits per heavy atom. The van der Waals surface area contributed by atoms with Gasteiger partial charge in [0.15, 0.2) is 5.69 Å². The van der Waals surface area contributed by atoms with Gasteiger partial charge >= 0.3 is 12.1 Å². The van der Waals surface area contributed by atoms with Gasteiger partial charge in [-0.2, -0.15) is 13.2 Å². The maximum Gasteiger partial charge on any atom is 0.416 e. The molecule has 0 amide bonds. The van der Waals surface area contributed by atoms with Crippen LogP contribution in [0.1, 0.15) is 21.6 Å². The molecule has 3 rings (SSSR count). The molecule has 0 saturated carbocycles. The van der Waals surface area contributed by atoms with E-state index in [1.165, 1.54) is 23.0 Å². The second kappa shape index (κ2) is 6.95. The maximum absolute atomic E-state index is 12.6. The number of carbonyl (C=O) groups is 1. The van der Waals surface area contributed by atoms with Gasteiger partial charge in [0.1, 0.15) is 5.69 Å². The first-order valence-electron chi connectivity index (χ1n) is 7.59. The van der Waals surface area contributed by atoms with Crippen molar-refractivity contribution in [1.82, 2.24) is 20.0 Å². The molecular formula is C17H13F3N4O2. The van der Waals surface area contributed by atoms with E-state index in [1.54, 1.807) is 18.3 Å². The largest absolute Gasteiger partial charge is 0.476 e. The first kappa shape index (κ1) is 17.6. The highest BCUT2D eigenvalue weighted by molar-refractivity contribution is 5.92. The molecule has 1 N–H and O–H groups in total. The van der Waals surface area contributed by atoms with Crippen LogP contribution in [0, 0.1) is 0 Å². The Hall–Kier alpha value is -3.23. The number of nitrogens with zero attached hydrogens (tertiary/aromatic N) is 4. The van der Waals surface area contributed by atoms with Crippen LogP contribution in [0.2, 0.25) is 0 Å². The average molecular weight is 362 g/mol. The van der Waals surface area contributed by atoms with Crippen LogP contribution in [0.3, 0.4) is 0 Å². The lowest BCUT2D eigenvalue weighted by atomic mass is 10.1. The Morgan fingerprint density at radius 2 is 1.88 bits per heavy atom. The van der Waals surface area contributed by atoms with Crippen molar-refractivity contribution in [3.63, 3.8) is 0 Å². The fraction of sp³-hybridized carbons (Fsp3) is 0.176. The Bertz CT molecular complexity index is 906. The first-order valence-corrected chi connectivity index (χ1v) is 7.59. The highest BCUT2D eigenvalue weighted by Gasteiger charge is 2.30. The van der Waals surface area contributed by atoms with Gasteiger partial charge in [0.05, 0.1) is 5.56 Å². The van der Waals surface area contributed by atoms with Crippen LogP contribution in [-0.2, 0) is 19.1 Å². The lowest BCUT2D eigenvalue weighted by molar-refractivity contribution is -0.137. The van der Waals surface area contributed by atoms with Crippen molar-refractivity contribution in [3.8, 4) is 11.3 Å². The lowest BCUT2D eigenvalue weighted by Gasteiger charge is -2.09. The standard InChI is InChI=1S/C17H13F3N4O2/c18-17(19,20)13-5-3-11(4-6-13)7-9-24-15(12-2-1-8-21-10-12)14(16(25)26)22-23-24/h1-6,8,10H,7,9H2,(H,25,26). The monoisotopic (exact) mass is 362 g/mol. The molecule has 3 aromatic rings. The van der Waals surface area contributed by atoms with E-state index < -0.39 is 17.7 Å². The Labute approximate surface area is 145 Å². The number of rotatable bonds is 5. The fourth-order valence-electron chi connectivity index (χ4n) is 2.50. The van der Waals surface area contributed by atoms with Crippen molar-refractivity contribution in [1.29, 1.82) is 0 Å². The minimum Gasteiger partial charge on any atom is -0.476 e. The van der Waals surface area contributed by atoms with Gasteiger partial charge in [0.2, 0.25) is 0 Å². The molecule has 0 aliphatic heterocycles. The summed E-state index contributed by atoms with van der Waals surface area (Å²) in [5.74, 6) is -1.22. The van der Waals surface area contributed by atoms with Crippen molar-refractivity contribution in [2.75, 3.05) is 0 Å². The number of benzene rings is 1. The molecule has 1 aromatic carbocycles. The lowest BCUT2D eigenvalue weighted by Crippen LogP contribution is -2.08. The molecule has 26 heavy (non-hydrogen) atoms. The molecule has 0 spiro atoms. The van der Waals surface area contributed by atoms with Crippen LogP contribution in [0.25, 0.3) is 11.3 Å². The number of halogens is 3. The molecule has 2 aromatic heterocycles. The van der Waals surface area contributed by atoms with E-state index in [1.807, 2.05) is 0 Å². The predicted octanol–water partition coefficient (Wildman–Crippen LogP) is 3.30. The van der Waals surface area contributed by atoms with Gasteiger partial charge in [-0.05, 0) is 36.2 Å². The molecule has 0 unspecified atom stereocenters. The van der Waals surface area contributed by atoms with Crippen LogP contribution in [0.15, 0.2) is 48.8 Å². The topological polar surface area (TPSA) is 80.9 Å². The third-order valence-corrected chi connectivity index (χ3v) is 3.77. The molecular weight excluding hydrogens is 349 g/mol. The Morgan fingerprint density at radius 3 is 2.46 bits per heavy atom. The first-order chi connectivity index (χ1) is 12.4. The van der Waals surface area contributed by atoms with Gasteiger partial charge < -0.3 is 5.11 Å². The summed E-state index contributed by atoms with van der Waals surface area (Å²) in [6.07, 6.45) is -0.956. The highest BCUT2D eigenvalue weighted by atomic mass is 19.4. The van der Waals surface area contributed by atoms with E-state index in [9.17, 15) is 23.1 Å². The molecule has 0 fully saturated rings. The van der Waals surface area contributed by atoms with Gasteiger partial charge in [-0.25, -0.2) is 9.48 Å². The molecule has 0 bridgehead atoms. The summed E-state index contributed by atoms with van der Waals surface area (Å²) in [4.78, 5) is 15.3. The summed E-state index contributed by atoms with van der Waals surface area (Å²) < 4.78 is 39.2. The summed E-state index contributed by atoms with van der Waals surface area (Å²) in [7, 11) is 0. The number of hydrogen-bond acceptors (Lipinski definition) is 4. The van der Waals surface area contributed by atoms with E-state index in [2.05, 4.69) is 15.3 Å². The van der Waals surface area contributed by atoms with Gasteiger partial charge in [-0.15, -0.1) is 5.10 Å². The van der Waals surface area contributed by atoms with E-state index in [4.69, 9.17) is 0 Å². The summed E-state index contributed by atoms with van der Waals surface area (Å²) in [5.41, 5.74) is 0.596. The second-order valence-corrected chi connectivity index (χ2v) is 5.50. The molecule has 134 valence electrons. The summed E-state index contributed by atoms with van der Waals surface area (Å²) in [6.45, 7) is 0.260. The zero-order chi connectivity index (χ0) is 18.7. The molecule has 0 radical (unpaired) electrons. The number of carboxylic acid groups (broad SMARTS) is 1. The number of aromatic carboxylic acids is 1.